The number of esters is 1. The van der Waals surface area contributed by atoms with Gasteiger partial charge in [-0.1, -0.05) is 6.58 Å². The van der Waals surface area contributed by atoms with Crippen LogP contribution in [0.5, 0.6) is 11.5 Å². The summed E-state index contributed by atoms with van der Waals surface area (Å²) in [4.78, 5) is 24.0. The van der Waals surface area contributed by atoms with Gasteiger partial charge in [-0.25, -0.2) is 14.8 Å². The highest BCUT2D eigenvalue weighted by Crippen LogP contribution is 2.35. The zero-order valence-corrected chi connectivity index (χ0v) is 17.2. The van der Waals surface area contributed by atoms with Crippen LogP contribution >= 0.6 is 0 Å². The van der Waals surface area contributed by atoms with Crippen LogP contribution in [-0.2, 0) is 10.9 Å². The molecule has 0 aliphatic carbocycles. The van der Waals surface area contributed by atoms with E-state index in [1.165, 1.54) is 38.4 Å². The maximum atomic E-state index is 13.3. The molecule has 0 spiro atoms. The van der Waals surface area contributed by atoms with Crippen LogP contribution in [0.15, 0.2) is 60.1 Å². The molecule has 0 saturated heterocycles. The zero-order valence-electron chi connectivity index (χ0n) is 17.2. The van der Waals surface area contributed by atoms with E-state index in [0.717, 1.165) is 12.3 Å². The van der Waals surface area contributed by atoms with Crippen molar-refractivity contribution >= 4 is 18.3 Å². The van der Waals surface area contributed by atoms with Crippen molar-refractivity contribution < 1.29 is 27.4 Å². The Hall–Kier alpha value is -4.01. The Morgan fingerprint density at radius 3 is 2.34 bits per heavy atom. The number of aliphatic imine (C=N–C) groups is 1. The van der Waals surface area contributed by atoms with E-state index >= 15 is 0 Å². The Morgan fingerprint density at radius 1 is 1.06 bits per heavy atom. The second-order valence-corrected chi connectivity index (χ2v) is 6.46. The molecule has 1 aromatic heterocycles. The van der Waals surface area contributed by atoms with Gasteiger partial charge >= 0.3 is 12.1 Å². The number of benzene rings is 2. The lowest BCUT2D eigenvalue weighted by molar-refractivity contribution is -0.137. The minimum absolute atomic E-state index is 0.0243. The predicted octanol–water partition coefficient (Wildman–Crippen LogP) is 5.43. The summed E-state index contributed by atoms with van der Waals surface area (Å²) >= 11 is 0. The molecule has 0 radical (unpaired) electrons. The van der Waals surface area contributed by atoms with E-state index in [2.05, 4.69) is 21.5 Å². The van der Waals surface area contributed by atoms with Crippen molar-refractivity contribution in [2.75, 3.05) is 14.2 Å². The van der Waals surface area contributed by atoms with E-state index in [-0.39, 0.29) is 22.8 Å². The first-order chi connectivity index (χ1) is 15.2. The van der Waals surface area contributed by atoms with Gasteiger partial charge in [-0.15, -0.1) is 0 Å². The molecule has 0 saturated carbocycles. The number of halogens is 3. The van der Waals surface area contributed by atoms with Crippen molar-refractivity contribution in [1.29, 1.82) is 0 Å². The van der Waals surface area contributed by atoms with Crippen LogP contribution in [0, 0.1) is 0 Å². The topological polar surface area (TPSA) is 73.7 Å². The molecule has 164 valence electrons. The Morgan fingerprint density at radius 2 is 1.75 bits per heavy atom. The molecule has 0 bridgehead atoms. The average Bonchev–Trinajstić information content (AvgIpc) is 2.79. The van der Waals surface area contributed by atoms with Gasteiger partial charge in [-0.3, -0.25) is 4.99 Å². The van der Waals surface area contributed by atoms with Gasteiger partial charge in [0, 0.05) is 24.4 Å². The molecule has 0 unspecified atom stereocenters. The summed E-state index contributed by atoms with van der Waals surface area (Å²) in [6, 6.07) is 11.5. The van der Waals surface area contributed by atoms with Gasteiger partial charge in [0.15, 0.2) is 11.5 Å². The molecule has 0 fully saturated rings. The molecule has 0 N–H and O–H groups in total. The van der Waals surface area contributed by atoms with E-state index in [1.807, 2.05) is 0 Å². The van der Waals surface area contributed by atoms with Crippen molar-refractivity contribution in [3.8, 4) is 22.9 Å². The van der Waals surface area contributed by atoms with E-state index in [1.54, 1.807) is 24.3 Å². The Bertz CT molecular complexity index is 1170. The lowest BCUT2D eigenvalue weighted by Gasteiger charge is -2.13. The third-order valence-electron chi connectivity index (χ3n) is 4.30. The largest absolute Gasteiger partial charge is 0.464 e. The van der Waals surface area contributed by atoms with Crippen LogP contribution in [-0.4, -0.2) is 36.3 Å². The summed E-state index contributed by atoms with van der Waals surface area (Å²) in [5.74, 6) is -0.0197. The van der Waals surface area contributed by atoms with Crippen LogP contribution in [0.25, 0.3) is 17.5 Å². The molecule has 3 rings (SSSR count). The van der Waals surface area contributed by atoms with Gasteiger partial charge in [0.25, 0.3) is 0 Å². The number of rotatable bonds is 6. The summed E-state index contributed by atoms with van der Waals surface area (Å²) in [7, 11) is 2.64. The number of carbonyl (C=O) groups is 1. The molecule has 0 aliphatic heterocycles. The molecule has 2 aromatic carbocycles. The fraction of sp³-hybridized carbons (Fsp3) is 0.130. The molecule has 9 heteroatoms. The fourth-order valence-electron chi connectivity index (χ4n) is 2.81. The second kappa shape index (κ2) is 9.42. The summed E-state index contributed by atoms with van der Waals surface area (Å²) in [6.45, 7) is 3.64. The molecule has 0 aliphatic rings. The number of methoxy groups -OCH3 is 1. The van der Waals surface area contributed by atoms with E-state index in [0.29, 0.717) is 17.0 Å². The molecular formula is C23H18F3N3O3. The number of hydrogen-bond donors (Lipinski definition) is 0. The molecule has 0 amide bonds. The third kappa shape index (κ3) is 5.18. The maximum Gasteiger partial charge on any atom is 0.417 e. The summed E-state index contributed by atoms with van der Waals surface area (Å²) in [5, 5.41) is 0. The van der Waals surface area contributed by atoms with E-state index < -0.39 is 17.7 Å². The van der Waals surface area contributed by atoms with Gasteiger partial charge in [-0.2, -0.15) is 13.2 Å². The SMILES string of the molecule is C=Cc1cc(C(=O)OC)nc(-c2ccc(Oc3ccc(C=NC)c(C(F)(F)F)c3)cc2)n1. The van der Waals surface area contributed by atoms with Crippen molar-refractivity contribution in [1.82, 2.24) is 9.97 Å². The summed E-state index contributed by atoms with van der Waals surface area (Å²) in [6.07, 6.45) is -1.94. The predicted molar refractivity (Wildman–Crippen MR) is 114 cm³/mol. The Labute approximate surface area is 182 Å². The number of alkyl halides is 3. The highest BCUT2D eigenvalue weighted by Gasteiger charge is 2.33. The Kier molecular flexibility index (Phi) is 6.67. The third-order valence-corrected chi connectivity index (χ3v) is 4.30. The van der Waals surface area contributed by atoms with Gasteiger partial charge in [-0.05, 0) is 54.6 Å². The van der Waals surface area contributed by atoms with Gasteiger partial charge in [0.2, 0.25) is 0 Å². The first-order valence-corrected chi connectivity index (χ1v) is 9.26. The smallest absolute Gasteiger partial charge is 0.417 e. The lowest BCUT2D eigenvalue weighted by Crippen LogP contribution is -2.09. The second-order valence-electron chi connectivity index (χ2n) is 6.46. The number of ether oxygens (including phenoxy) is 2. The fourth-order valence-corrected chi connectivity index (χ4v) is 2.81. The Balaban J connectivity index is 1.89. The highest BCUT2D eigenvalue weighted by atomic mass is 19.4. The number of aromatic nitrogens is 2. The quantitative estimate of drug-likeness (QED) is 0.377. The zero-order chi connectivity index (χ0) is 23.3. The number of hydrogen-bond acceptors (Lipinski definition) is 6. The minimum Gasteiger partial charge on any atom is -0.464 e. The van der Waals surface area contributed by atoms with Gasteiger partial charge < -0.3 is 9.47 Å². The van der Waals surface area contributed by atoms with E-state index in [4.69, 9.17) is 9.47 Å². The average molecular weight is 441 g/mol. The molecular weight excluding hydrogens is 423 g/mol. The van der Waals surface area contributed by atoms with Gasteiger partial charge in [0.1, 0.15) is 11.5 Å². The number of carbonyl (C=O) groups excluding carboxylic acids is 1. The van der Waals surface area contributed by atoms with E-state index in [9.17, 15) is 18.0 Å². The lowest BCUT2D eigenvalue weighted by atomic mass is 10.1. The van der Waals surface area contributed by atoms with Crippen LogP contribution in [0.2, 0.25) is 0 Å². The molecule has 0 atom stereocenters. The van der Waals surface area contributed by atoms with Crippen molar-refractivity contribution in [2.24, 2.45) is 4.99 Å². The van der Waals surface area contributed by atoms with Gasteiger partial charge in [0.05, 0.1) is 18.4 Å². The maximum absolute atomic E-state index is 13.3. The van der Waals surface area contributed by atoms with Crippen LogP contribution < -0.4 is 4.74 Å². The van der Waals surface area contributed by atoms with Crippen LogP contribution in [0.3, 0.4) is 0 Å². The first-order valence-electron chi connectivity index (χ1n) is 9.26. The van der Waals surface area contributed by atoms with Crippen LogP contribution in [0.1, 0.15) is 27.3 Å². The monoisotopic (exact) mass is 441 g/mol. The minimum atomic E-state index is -4.55. The first kappa shape index (κ1) is 22.7. The van der Waals surface area contributed by atoms with Crippen molar-refractivity contribution in [3.05, 3.63) is 77.6 Å². The van der Waals surface area contributed by atoms with Crippen molar-refractivity contribution in [2.45, 2.75) is 6.18 Å². The summed E-state index contributed by atoms with van der Waals surface area (Å²) < 4.78 is 50.3. The standard InChI is InChI=1S/C23H18F3N3O3/c1-4-16-11-20(22(30)31-3)29-21(28-16)14-5-8-17(9-6-14)32-18-10-7-15(13-27-2)19(12-18)23(24,25)26/h4-13H,1H2,2-3H3. The molecule has 3 aromatic rings. The number of nitrogens with zero attached hydrogens (tertiary/aromatic N) is 3. The molecule has 32 heavy (non-hydrogen) atoms. The normalized spacial score (nSPS) is 11.4. The van der Waals surface area contributed by atoms with Crippen LogP contribution in [0.4, 0.5) is 13.2 Å². The molecule has 6 nitrogen and oxygen atoms in total. The van der Waals surface area contributed by atoms with Crippen molar-refractivity contribution in [3.63, 3.8) is 0 Å². The molecule has 1 heterocycles. The summed E-state index contributed by atoms with van der Waals surface area (Å²) in [5.41, 5.74) is 0.177. The highest BCUT2D eigenvalue weighted by molar-refractivity contribution is 5.88.